The van der Waals surface area contributed by atoms with Gasteiger partial charge in [-0.1, -0.05) is 12.1 Å². The molecule has 1 spiro atoms. The Hall–Kier alpha value is -2.08. The van der Waals surface area contributed by atoms with E-state index in [1.54, 1.807) is 11.9 Å². The molecule has 3 aliphatic heterocycles. The summed E-state index contributed by atoms with van der Waals surface area (Å²) in [5.74, 6) is 0.771. The van der Waals surface area contributed by atoms with Crippen LogP contribution in [0.2, 0.25) is 0 Å². The first-order valence-corrected chi connectivity index (χ1v) is 8.68. The van der Waals surface area contributed by atoms with Crippen molar-refractivity contribution < 1.29 is 9.59 Å². The molecule has 4 rings (SSSR count). The largest absolute Gasteiger partial charge is 0.335 e. The zero-order chi connectivity index (χ0) is 16.7. The average molecular weight is 328 g/mol. The third kappa shape index (κ3) is 2.55. The van der Waals surface area contributed by atoms with Gasteiger partial charge in [0.25, 0.3) is 5.91 Å². The minimum atomic E-state index is -0.206. The van der Waals surface area contributed by atoms with E-state index in [0.29, 0.717) is 25.6 Å². The molecule has 24 heavy (non-hydrogen) atoms. The third-order valence-corrected chi connectivity index (χ3v) is 5.73. The predicted molar refractivity (Wildman–Crippen MR) is 90.9 cm³/mol. The van der Waals surface area contributed by atoms with Crippen LogP contribution < -0.4 is 10.6 Å². The van der Waals surface area contributed by atoms with Crippen molar-refractivity contribution in [2.45, 2.75) is 18.4 Å². The van der Waals surface area contributed by atoms with Crippen LogP contribution in [0.5, 0.6) is 0 Å². The van der Waals surface area contributed by atoms with Crippen molar-refractivity contribution in [3.8, 4) is 0 Å². The second-order valence-corrected chi connectivity index (χ2v) is 7.36. The van der Waals surface area contributed by atoms with Gasteiger partial charge in [-0.15, -0.1) is 0 Å². The van der Waals surface area contributed by atoms with E-state index >= 15 is 0 Å². The lowest BCUT2D eigenvalue weighted by Gasteiger charge is -2.50. The highest BCUT2D eigenvalue weighted by Gasteiger charge is 2.53. The molecule has 6 nitrogen and oxygen atoms in total. The maximum Gasteiger partial charge on any atom is 0.317 e. The number of benzene rings is 1. The van der Waals surface area contributed by atoms with Crippen LogP contribution >= 0.6 is 0 Å². The molecule has 3 amide bonds. The Bertz CT molecular complexity index is 645. The summed E-state index contributed by atoms with van der Waals surface area (Å²) in [5, 5.41) is 6.24. The number of urea groups is 1. The van der Waals surface area contributed by atoms with Crippen LogP contribution in [0, 0.1) is 5.92 Å². The van der Waals surface area contributed by atoms with Crippen molar-refractivity contribution in [1.82, 2.24) is 20.4 Å². The van der Waals surface area contributed by atoms with Crippen molar-refractivity contribution in [3.05, 3.63) is 35.4 Å². The van der Waals surface area contributed by atoms with Gasteiger partial charge < -0.3 is 20.4 Å². The highest BCUT2D eigenvalue weighted by atomic mass is 16.2. The third-order valence-electron chi connectivity index (χ3n) is 5.73. The summed E-state index contributed by atoms with van der Waals surface area (Å²) >= 11 is 0. The Morgan fingerprint density at radius 1 is 1.29 bits per heavy atom. The lowest BCUT2D eigenvalue weighted by atomic mass is 9.88. The van der Waals surface area contributed by atoms with E-state index in [1.807, 2.05) is 17.0 Å². The van der Waals surface area contributed by atoms with Gasteiger partial charge in [0.1, 0.15) is 0 Å². The van der Waals surface area contributed by atoms with Gasteiger partial charge in [-0.2, -0.15) is 0 Å². The van der Waals surface area contributed by atoms with Crippen molar-refractivity contribution in [3.63, 3.8) is 0 Å². The number of hydrogen-bond donors (Lipinski definition) is 2. The zero-order valence-electron chi connectivity index (χ0n) is 14.0. The van der Waals surface area contributed by atoms with Crippen LogP contribution in [0.1, 0.15) is 22.3 Å². The Labute approximate surface area is 142 Å². The molecule has 6 heteroatoms. The van der Waals surface area contributed by atoms with Crippen LogP contribution in [0.15, 0.2) is 24.3 Å². The smallest absolute Gasteiger partial charge is 0.317 e. The molecule has 2 N–H and O–H groups in total. The molecule has 1 unspecified atom stereocenters. The van der Waals surface area contributed by atoms with Gasteiger partial charge in [0.15, 0.2) is 0 Å². The Balaban J connectivity index is 1.36. The van der Waals surface area contributed by atoms with Gasteiger partial charge >= 0.3 is 6.03 Å². The summed E-state index contributed by atoms with van der Waals surface area (Å²) in [6.45, 7) is 4.05. The molecule has 128 valence electrons. The molecular weight excluding hydrogens is 304 g/mol. The van der Waals surface area contributed by atoms with Crippen molar-refractivity contribution in [1.29, 1.82) is 0 Å². The fraction of sp³-hybridized carbons (Fsp3) is 0.556. The molecule has 0 bridgehead atoms. The summed E-state index contributed by atoms with van der Waals surface area (Å²) in [4.78, 5) is 27.8. The molecule has 0 radical (unpaired) electrons. The quantitative estimate of drug-likeness (QED) is 0.858. The number of hydrogen-bond acceptors (Lipinski definition) is 3. The van der Waals surface area contributed by atoms with Gasteiger partial charge in [-0.3, -0.25) is 4.79 Å². The zero-order valence-corrected chi connectivity index (χ0v) is 14.0. The molecule has 0 aliphatic carbocycles. The number of carbonyl (C=O) groups is 2. The predicted octanol–water partition coefficient (Wildman–Crippen LogP) is 0.688. The first-order chi connectivity index (χ1) is 11.6. The van der Waals surface area contributed by atoms with E-state index in [2.05, 4.69) is 22.8 Å². The molecule has 3 aliphatic rings. The van der Waals surface area contributed by atoms with Crippen molar-refractivity contribution >= 4 is 11.9 Å². The van der Waals surface area contributed by atoms with Gasteiger partial charge in [-0.05, 0) is 49.5 Å². The maximum atomic E-state index is 12.6. The van der Waals surface area contributed by atoms with Gasteiger partial charge in [0.2, 0.25) is 0 Å². The molecule has 3 saturated heterocycles. The lowest BCUT2D eigenvalue weighted by molar-refractivity contribution is 0.00777. The molecule has 1 aromatic rings. The molecule has 0 saturated carbocycles. The first kappa shape index (κ1) is 15.4. The van der Waals surface area contributed by atoms with E-state index in [4.69, 9.17) is 0 Å². The second-order valence-electron chi connectivity index (χ2n) is 7.36. The number of likely N-dealkylation sites (tertiary alicyclic amines) is 1. The van der Waals surface area contributed by atoms with Crippen LogP contribution in [0.4, 0.5) is 4.79 Å². The number of likely N-dealkylation sites (N-methyl/N-ethyl adjacent to an activating group) is 1. The monoisotopic (exact) mass is 328 g/mol. The van der Waals surface area contributed by atoms with E-state index in [9.17, 15) is 9.59 Å². The molecular formula is C18H24N4O2. The summed E-state index contributed by atoms with van der Waals surface area (Å²) in [6.07, 6.45) is 2.31. The van der Waals surface area contributed by atoms with Gasteiger partial charge in [-0.25, -0.2) is 4.79 Å². The van der Waals surface area contributed by atoms with Crippen LogP contribution in [0.3, 0.4) is 0 Å². The Morgan fingerprint density at radius 3 is 2.62 bits per heavy atom. The molecule has 1 aromatic carbocycles. The maximum absolute atomic E-state index is 12.6. The normalized spacial score (nSPS) is 25.0. The van der Waals surface area contributed by atoms with Crippen molar-refractivity contribution in [2.24, 2.45) is 5.92 Å². The minimum Gasteiger partial charge on any atom is -0.335 e. The number of rotatable bonds is 3. The molecule has 3 fully saturated rings. The van der Waals surface area contributed by atoms with E-state index in [-0.39, 0.29) is 17.5 Å². The fourth-order valence-corrected chi connectivity index (χ4v) is 4.01. The SMILES string of the molecule is CN1C(=O)NCC12CN(C(=O)c1ccc(CC3CCNC3)cc1)C2. The molecule has 3 heterocycles. The topological polar surface area (TPSA) is 64.7 Å². The molecule has 1 atom stereocenters. The average Bonchev–Trinajstić information content (AvgIpc) is 3.16. The number of carbonyl (C=O) groups excluding carboxylic acids is 2. The first-order valence-electron chi connectivity index (χ1n) is 8.68. The van der Waals surface area contributed by atoms with Crippen LogP contribution in [-0.4, -0.2) is 67.0 Å². The minimum absolute atomic E-state index is 0.0483. The highest BCUT2D eigenvalue weighted by molar-refractivity contribution is 5.95. The summed E-state index contributed by atoms with van der Waals surface area (Å²) in [7, 11) is 1.80. The number of amides is 3. The summed E-state index contributed by atoms with van der Waals surface area (Å²) in [5.41, 5.74) is 1.83. The van der Waals surface area contributed by atoms with Crippen LogP contribution in [0.25, 0.3) is 0 Å². The van der Waals surface area contributed by atoms with Crippen LogP contribution in [-0.2, 0) is 6.42 Å². The fourth-order valence-electron chi connectivity index (χ4n) is 4.01. The Kier molecular flexibility index (Phi) is 3.72. The van der Waals surface area contributed by atoms with Gasteiger partial charge in [0, 0.05) is 32.2 Å². The van der Waals surface area contributed by atoms with E-state index in [0.717, 1.165) is 25.1 Å². The summed E-state index contributed by atoms with van der Waals surface area (Å²) in [6, 6.07) is 7.98. The standard InChI is InChI=1S/C18H24N4O2/c1-21-17(24)20-10-18(21)11-22(12-18)16(23)15-4-2-13(3-5-15)8-14-6-7-19-9-14/h2-5,14,19H,6-12H2,1H3,(H,20,24). The number of nitrogens with one attached hydrogen (secondary N) is 2. The summed E-state index contributed by atoms with van der Waals surface area (Å²) < 4.78 is 0. The Morgan fingerprint density at radius 2 is 2.04 bits per heavy atom. The second kappa shape index (κ2) is 5.77. The van der Waals surface area contributed by atoms with E-state index < -0.39 is 0 Å². The van der Waals surface area contributed by atoms with Crippen molar-refractivity contribution in [2.75, 3.05) is 39.8 Å². The van der Waals surface area contributed by atoms with E-state index in [1.165, 1.54) is 12.0 Å². The van der Waals surface area contributed by atoms with Gasteiger partial charge in [0.05, 0.1) is 5.54 Å². The molecule has 0 aromatic heterocycles. The number of nitrogens with zero attached hydrogens (tertiary/aromatic N) is 2. The highest BCUT2D eigenvalue weighted by Crippen LogP contribution is 2.31. The lowest BCUT2D eigenvalue weighted by Crippen LogP contribution is -2.70.